The lowest BCUT2D eigenvalue weighted by Crippen LogP contribution is -2.28. The summed E-state index contributed by atoms with van der Waals surface area (Å²) in [7, 11) is 0. The lowest BCUT2D eigenvalue weighted by atomic mass is 10.1. The molecule has 2 unspecified atom stereocenters. The van der Waals surface area contributed by atoms with E-state index >= 15 is 0 Å². The van der Waals surface area contributed by atoms with Gasteiger partial charge in [-0.15, -0.1) is 6.58 Å². The van der Waals surface area contributed by atoms with Crippen LogP contribution in [0.5, 0.6) is 5.75 Å². The predicted octanol–water partition coefficient (Wildman–Crippen LogP) is 2.93. The van der Waals surface area contributed by atoms with Gasteiger partial charge in [-0.1, -0.05) is 18.2 Å². The van der Waals surface area contributed by atoms with Crippen molar-refractivity contribution in [3.8, 4) is 5.75 Å². The summed E-state index contributed by atoms with van der Waals surface area (Å²) in [5.74, 6) is 0.443. The normalized spacial score (nSPS) is 20.4. The highest BCUT2D eigenvalue weighted by Gasteiger charge is 2.24. The van der Waals surface area contributed by atoms with Gasteiger partial charge in [-0.3, -0.25) is 0 Å². The van der Waals surface area contributed by atoms with Crippen molar-refractivity contribution in [2.45, 2.75) is 38.3 Å². The first-order valence-corrected chi connectivity index (χ1v) is 5.90. The number of phenolic OH excluding ortho intramolecular Hbond substituents is 1. The van der Waals surface area contributed by atoms with E-state index in [0.29, 0.717) is 17.8 Å². The fourth-order valence-electron chi connectivity index (χ4n) is 2.47. The zero-order chi connectivity index (χ0) is 11.5. The third kappa shape index (κ3) is 2.12. The van der Waals surface area contributed by atoms with Crippen LogP contribution >= 0.6 is 0 Å². The number of rotatable bonds is 4. The summed E-state index contributed by atoms with van der Waals surface area (Å²) in [6, 6.07) is 6.63. The van der Waals surface area contributed by atoms with Crippen LogP contribution in [0.3, 0.4) is 0 Å². The van der Waals surface area contributed by atoms with Crippen molar-refractivity contribution in [1.82, 2.24) is 5.32 Å². The van der Waals surface area contributed by atoms with Gasteiger partial charge in [0.1, 0.15) is 5.75 Å². The van der Waals surface area contributed by atoms with Gasteiger partial charge in [0.05, 0.1) is 0 Å². The summed E-state index contributed by atoms with van der Waals surface area (Å²) >= 11 is 0. The fraction of sp³-hybridized carbons (Fsp3) is 0.429. The van der Waals surface area contributed by atoms with E-state index in [1.165, 1.54) is 5.56 Å². The molecule has 2 rings (SSSR count). The van der Waals surface area contributed by atoms with Crippen LogP contribution < -0.4 is 5.32 Å². The molecule has 1 aliphatic rings. The van der Waals surface area contributed by atoms with Gasteiger partial charge in [0.2, 0.25) is 0 Å². The molecule has 0 saturated heterocycles. The Morgan fingerprint density at radius 1 is 1.62 bits per heavy atom. The van der Waals surface area contributed by atoms with Gasteiger partial charge in [0.25, 0.3) is 0 Å². The van der Waals surface area contributed by atoms with Gasteiger partial charge >= 0.3 is 0 Å². The summed E-state index contributed by atoms with van der Waals surface area (Å²) in [6.45, 7) is 5.92. The molecule has 2 nitrogen and oxygen atoms in total. The van der Waals surface area contributed by atoms with E-state index in [2.05, 4.69) is 24.9 Å². The van der Waals surface area contributed by atoms with E-state index in [-0.39, 0.29) is 0 Å². The fourth-order valence-corrected chi connectivity index (χ4v) is 2.47. The number of hydrogen-bond acceptors (Lipinski definition) is 2. The van der Waals surface area contributed by atoms with Gasteiger partial charge in [0.15, 0.2) is 0 Å². The smallest absolute Gasteiger partial charge is 0.119 e. The van der Waals surface area contributed by atoms with E-state index in [0.717, 1.165) is 24.8 Å². The van der Waals surface area contributed by atoms with Crippen LogP contribution in [0.4, 0.5) is 0 Å². The monoisotopic (exact) mass is 217 g/mol. The van der Waals surface area contributed by atoms with Crippen LogP contribution in [-0.2, 0) is 6.42 Å². The predicted molar refractivity (Wildman–Crippen MR) is 66.6 cm³/mol. The zero-order valence-corrected chi connectivity index (χ0v) is 9.74. The summed E-state index contributed by atoms with van der Waals surface area (Å²) in [5, 5.41) is 13.3. The first-order valence-electron chi connectivity index (χ1n) is 5.90. The zero-order valence-electron chi connectivity index (χ0n) is 9.74. The van der Waals surface area contributed by atoms with Gasteiger partial charge in [0, 0.05) is 12.1 Å². The molecule has 0 radical (unpaired) electrons. The van der Waals surface area contributed by atoms with E-state index in [4.69, 9.17) is 0 Å². The molecule has 1 aromatic carbocycles. The standard InChI is InChI=1S/C14H19NO/c1-3-5-10(2)15-13-9-8-12-11(13)6-4-7-14(12)16/h3-4,6-7,10,13,15-16H,1,5,8-9H2,2H3. The summed E-state index contributed by atoms with van der Waals surface area (Å²) < 4.78 is 0. The highest BCUT2D eigenvalue weighted by atomic mass is 16.3. The maximum Gasteiger partial charge on any atom is 0.119 e. The molecule has 1 aromatic rings. The number of nitrogens with one attached hydrogen (secondary N) is 1. The van der Waals surface area contributed by atoms with Gasteiger partial charge in [-0.2, -0.15) is 0 Å². The summed E-state index contributed by atoms with van der Waals surface area (Å²) in [5.41, 5.74) is 2.38. The molecule has 0 fully saturated rings. The molecule has 2 N–H and O–H groups in total. The number of fused-ring (bicyclic) bond motifs is 1. The Bertz CT molecular complexity index is 386. The molecule has 16 heavy (non-hydrogen) atoms. The second-order valence-electron chi connectivity index (χ2n) is 4.53. The van der Waals surface area contributed by atoms with Crippen molar-refractivity contribution >= 4 is 0 Å². The average molecular weight is 217 g/mol. The number of aromatic hydroxyl groups is 1. The minimum atomic E-state index is 0.386. The molecule has 0 bridgehead atoms. The van der Waals surface area contributed by atoms with Crippen molar-refractivity contribution in [3.63, 3.8) is 0 Å². The maximum absolute atomic E-state index is 9.74. The minimum absolute atomic E-state index is 0.386. The Labute approximate surface area is 97.0 Å². The molecule has 0 aliphatic heterocycles. The molecular formula is C14H19NO. The number of phenols is 1. The first kappa shape index (κ1) is 11.2. The van der Waals surface area contributed by atoms with Crippen LogP contribution in [-0.4, -0.2) is 11.1 Å². The van der Waals surface area contributed by atoms with E-state index < -0.39 is 0 Å². The molecule has 0 amide bonds. The average Bonchev–Trinajstić information content (AvgIpc) is 2.64. The van der Waals surface area contributed by atoms with Gasteiger partial charge in [-0.25, -0.2) is 0 Å². The second-order valence-corrected chi connectivity index (χ2v) is 4.53. The Hall–Kier alpha value is -1.28. The second kappa shape index (κ2) is 4.71. The maximum atomic E-state index is 9.74. The Kier molecular flexibility index (Phi) is 3.30. The molecule has 2 atom stereocenters. The van der Waals surface area contributed by atoms with E-state index in [9.17, 15) is 5.11 Å². The van der Waals surface area contributed by atoms with Crippen LogP contribution in [0.2, 0.25) is 0 Å². The molecular weight excluding hydrogens is 198 g/mol. The van der Waals surface area contributed by atoms with E-state index in [1.807, 2.05) is 12.1 Å². The molecule has 86 valence electrons. The highest BCUT2D eigenvalue weighted by molar-refractivity contribution is 5.44. The summed E-state index contributed by atoms with van der Waals surface area (Å²) in [6.07, 6.45) is 4.97. The Balaban J connectivity index is 2.11. The lowest BCUT2D eigenvalue weighted by Gasteiger charge is -2.19. The van der Waals surface area contributed by atoms with Crippen LogP contribution in [0.15, 0.2) is 30.9 Å². The molecule has 0 saturated carbocycles. The highest BCUT2D eigenvalue weighted by Crippen LogP contribution is 2.36. The first-order chi connectivity index (χ1) is 7.72. The molecule has 2 heteroatoms. The van der Waals surface area contributed by atoms with Crippen molar-refractivity contribution in [2.75, 3.05) is 0 Å². The van der Waals surface area contributed by atoms with E-state index in [1.54, 1.807) is 6.07 Å². The quantitative estimate of drug-likeness (QED) is 0.760. The van der Waals surface area contributed by atoms with Gasteiger partial charge in [-0.05, 0) is 43.4 Å². The van der Waals surface area contributed by atoms with Crippen LogP contribution in [0, 0.1) is 0 Å². The van der Waals surface area contributed by atoms with Crippen LogP contribution in [0.25, 0.3) is 0 Å². The topological polar surface area (TPSA) is 32.3 Å². The number of benzene rings is 1. The third-order valence-corrected chi connectivity index (χ3v) is 3.25. The Morgan fingerprint density at radius 2 is 2.44 bits per heavy atom. The van der Waals surface area contributed by atoms with Crippen molar-refractivity contribution in [1.29, 1.82) is 0 Å². The SMILES string of the molecule is C=CCC(C)NC1CCc2c(O)cccc21. The third-order valence-electron chi connectivity index (χ3n) is 3.25. The number of hydrogen-bond donors (Lipinski definition) is 2. The van der Waals surface area contributed by atoms with Gasteiger partial charge < -0.3 is 10.4 Å². The molecule has 0 heterocycles. The largest absolute Gasteiger partial charge is 0.508 e. The lowest BCUT2D eigenvalue weighted by molar-refractivity contribution is 0.456. The molecule has 1 aliphatic carbocycles. The minimum Gasteiger partial charge on any atom is -0.508 e. The van der Waals surface area contributed by atoms with Crippen molar-refractivity contribution in [3.05, 3.63) is 42.0 Å². The van der Waals surface area contributed by atoms with Crippen molar-refractivity contribution < 1.29 is 5.11 Å². The van der Waals surface area contributed by atoms with Crippen molar-refractivity contribution in [2.24, 2.45) is 0 Å². The summed E-state index contributed by atoms with van der Waals surface area (Å²) in [4.78, 5) is 0. The Morgan fingerprint density at radius 3 is 3.19 bits per heavy atom. The molecule has 0 spiro atoms. The van der Waals surface area contributed by atoms with Crippen LogP contribution in [0.1, 0.15) is 36.9 Å². The molecule has 0 aromatic heterocycles.